The van der Waals surface area contributed by atoms with Crippen LogP contribution < -0.4 is 10.6 Å². The number of carbonyl (C=O) groups excluding carboxylic acids is 1. The van der Waals surface area contributed by atoms with Gasteiger partial charge < -0.3 is 20.1 Å². The van der Waals surface area contributed by atoms with E-state index >= 15 is 0 Å². The Morgan fingerprint density at radius 3 is 2.62 bits per heavy atom. The van der Waals surface area contributed by atoms with Crippen molar-refractivity contribution < 1.29 is 9.32 Å². The van der Waals surface area contributed by atoms with Crippen molar-refractivity contribution in [1.82, 2.24) is 15.0 Å². The van der Waals surface area contributed by atoms with Gasteiger partial charge in [0.15, 0.2) is 5.69 Å². The highest BCUT2D eigenvalue weighted by atomic mass is 16.5. The van der Waals surface area contributed by atoms with Crippen molar-refractivity contribution in [2.24, 2.45) is 0 Å². The number of piperazine rings is 1. The van der Waals surface area contributed by atoms with Crippen molar-refractivity contribution in [3.63, 3.8) is 0 Å². The first-order chi connectivity index (χ1) is 10.1. The van der Waals surface area contributed by atoms with Crippen molar-refractivity contribution >= 4 is 17.4 Å². The molecule has 0 aliphatic carbocycles. The fraction of sp³-hybridized carbons (Fsp3) is 0.357. The Morgan fingerprint density at radius 1 is 1.29 bits per heavy atom. The van der Waals surface area contributed by atoms with Gasteiger partial charge in [0.1, 0.15) is 11.6 Å². The van der Waals surface area contributed by atoms with Crippen molar-refractivity contribution in [3.8, 4) is 0 Å². The number of nitrogens with two attached hydrogens (primary N) is 1. The van der Waals surface area contributed by atoms with E-state index in [1.165, 1.54) is 0 Å². The Balaban J connectivity index is 1.62. The second kappa shape index (κ2) is 5.43. The van der Waals surface area contributed by atoms with E-state index in [2.05, 4.69) is 15.0 Å². The van der Waals surface area contributed by atoms with Crippen LogP contribution in [0.3, 0.4) is 0 Å². The summed E-state index contributed by atoms with van der Waals surface area (Å²) in [6, 6.07) is 5.39. The fourth-order valence-corrected chi connectivity index (χ4v) is 2.35. The van der Waals surface area contributed by atoms with Gasteiger partial charge in [0.05, 0.1) is 11.9 Å². The van der Waals surface area contributed by atoms with Gasteiger partial charge in [-0.25, -0.2) is 4.98 Å². The lowest BCUT2D eigenvalue weighted by Crippen LogP contribution is -2.49. The van der Waals surface area contributed by atoms with Gasteiger partial charge in [-0.3, -0.25) is 4.79 Å². The quantitative estimate of drug-likeness (QED) is 0.883. The average molecular weight is 287 g/mol. The van der Waals surface area contributed by atoms with Crippen molar-refractivity contribution in [2.75, 3.05) is 36.8 Å². The highest BCUT2D eigenvalue weighted by Gasteiger charge is 2.24. The van der Waals surface area contributed by atoms with E-state index in [1.54, 1.807) is 24.1 Å². The summed E-state index contributed by atoms with van der Waals surface area (Å²) in [7, 11) is 0. The molecule has 21 heavy (non-hydrogen) atoms. The number of hydrogen-bond acceptors (Lipinski definition) is 6. The number of pyridine rings is 1. The first-order valence-corrected chi connectivity index (χ1v) is 6.82. The van der Waals surface area contributed by atoms with Gasteiger partial charge in [0, 0.05) is 32.2 Å². The molecule has 0 saturated carbocycles. The van der Waals surface area contributed by atoms with Crippen LogP contribution in [0.2, 0.25) is 0 Å². The Hall–Kier alpha value is -2.57. The maximum atomic E-state index is 12.3. The molecule has 0 atom stereocenters. The van der Waals surface area contributed by atoms with Crippen LogP contribution in [0.15, 0.2) is 28.9 Å². The summed E-state index contributed by atoms with van der Waals surface area (Å²) in [4.78, 5) is 20.5. The third-order valence-corrected chi connectivity index (χ3v) is 3.51. The number of nitrogens with zero attached hydrogens (tertiary/aromatic N) is 4. The fourth-order valence-electron chi connectivity index (χ4n) is 2.35. The van der Waals surface area contributed by atoms with E-state index in [0.29, 0.717) is 30.2 Å². The summed E-state index contributed by atoms with van der Waals surface area (Å²) in [5.74, 6) is 1.44. The van der Waals surface area contributed by atoms with Gasteiger partial charge >= 0.3 is 0 Å². The SMILES string of the molecule is Cc1cc(C(=O)N2CCN(c3ccc(N)cn3)CC2)no1. The lowest BCUT2D eigenvalue weighted by Gasteiger charge is -2.35. The second-order valence-corrected chi connectivity index (χ2v) is 5.05. The average Bonchev–Trinajstić information content (AvgIpc) is 2.94. The summed E-state index contributed by atoms with van der Waals surface area (Å²) < 4.78 is 4.95. The predicted molar refractivity (Wildman–Crippen MR) is 78.0 cm³/mol. The molecule has 1 aliphatic rings. The number of anilines is 2. The zero-order chi connectivity index (χ0) is 14.8. The highest BCUT2D eigenvalue weighted by Crippen LogP contribution is 2.16. The molecule has 110 valence electrons. The molecule has 1 aliphatic heterocycles. The first-order valence-electron chi connectivity index (χ1n) is 6.82. The van der Waals surface area contributed by atoms with Gasteiger partial charge in [0.25, 0.3) is 5.91 Å². The lowest BCUT2D eigenvalue weighted by molar-refractivity contribution is 0.0736. The first kappa shape index (κ1) is 13.4. The van der Waals surface area contributed by atoms with Gasteiger partial charge in [0.2, 0.25) is 0 Å². The third kappa shape index (κ3) is 2.81. The van der Waals surface area contributed by atoms with E-state index < -0.39 is 0 Å². The summed E-state index contributed by atoms with van der Waals surface area (Å²) in [5.41, 5.74) is 6.65. The number of nitrogen functional groups attached to an aromatic ring is 1. The van der Waals surface area contributed by atoms with E-state index in [-0.39, 0.29) is 5.91 Å². The van der Waals surface area contributed by atoms with Gasteiger partial charge in [-0.05, 0) is 19.1 Å². The van der Waals surface area contributed by atoms with Crippen LogP contribution in [0.25, 0.3) is 0 Å². The molecule has 0 spiro atoms. The zero-order valence-corrected chi connectivity index (χ0v) is 11.8. The topological polar surface area (TPSA) is 88.5 Å². The molecule has 2 N–H and O–H groups in total. The van der Waals surface area contributed by atoms with Crippen molar-refractivity contribution in [3.05, 3.63) is 35.9 Å². The van der Waals surface area contributed by atoms with Crippen LogP contribution in [0.5, 0.6) is 0 Å². The molecule has 3 heterocycles. The molecule has 0 bridgehead atoms. The molecule has 2 aromatic rings. The Kier molecular flexibility index (Phi) is 3.47. The molecule has 2 aromatic heterocycles. The molecule has 1 fully saturated rings. The van der Waals surface area contributed by atoms with Gasteiger partial charge in [-0.1, -0.05) is 5.16 Å². The summed E-state index contributed by atoms with van der Waals surface area (Å²) in [6.07, 6.45) is 1.64. The van der Waals surface area contributed by atoms with Crippen LogP contribution in [0.1, 0.15) is 16.2 Å². The number of amides is 1. The minimum Gasteiger partial charge on any atom is -0.397 e. The standard InChI is InChI=1S/C14H17N5O2/c1-10-8-12(17-21-10)14(20)19-6-4-18(5-7-19)13-3-2-11(15)9-16-13/h2-3,8-9H,4-7,15H2,1H3. The second-order valence-electron chi connectivity index (χ2n) is 5.05. The number of hydrogen-bond donors (Lipinski definition) is 1. The molecule has 3 rings (SSSR count). The van der Waals surface area contributed by atoms with Crippen molar-refractivity contribution in [2.45, 2.75) is 6.92 Å². The lowest BCUT2D eigenvalue weighted by atomic mass is 10.2. The number of rotatable bonds is 2. The molecular weight excluding hydrogens is 270 g/mol. The molecule has 1 amide bonds. The van der Waals surface area contributed by atoms with E-state index in [4.69, 9.17) is 10.3 Å². The van der Waals surface area contributed by atoms with Crippen LogP contribution in [0, 0.1) is 6.92 Å². The number of aryl methyl sites for hydroxylation is 1. The molecular formula is C14H17N5O2. The Bertz CT molecular complexity index is 629. The largest absolute Gasteiger partial charge is 0.397 e. The molecule has 0 unspecified atom stereocenters. The normalized spacial score (nSPS) is 15.3. The minimum absolute atomic E-state index is 0.0863. The maximum absolute atomic E-state index is 12.3. The Morgan fingerprint density at radius 2 is 2.05 bits per heavy atom. The van der Waals surface area contributed by atoms with Gasteiger partial charge in [-0.15, -0.1) is 0 Å². The van der Waals surface area contributed by atoms with E-state index in [0.717, 1.165) is 18.9 Å². The molecule has 7 heteroatoms. The number of carbonyl (C=O) groups is 1. The van der Waals surface area contributed by atoms with Gasteiger partial charge in [-0.2, -0.15) is 0 Å². The van der Waals surface area contributed by atoms with Crippen LogP contribution >= 0.6 is 0 Å². The Labute approximate surface area is 122 Å². The molecule has 1 saturated heterocycles. The predicted octanol–water partition coefficient (Wildman–Crippen LogP) is 0.923. The minimum atomic E-state index is -0.0863. The third-order valence-electron chi connectivity index (χ3n) is 3.51. The summed E-state index contributed by atoms with van der Waals surface area (Å²) >= 11 is 0. The van der Waals surface area contributed by atoms with Crippen LogP contribution in [0.4, 0.5) is 11.5 Å². The maximum Gasteiger partial charge on any atom is 0.276 e. The summed E-state index contributed by atoms with van der Waals surface area (Å²) in [6.45, 7) is 4.51. The monoisotopic (exact) mass is 287 g/mol. The highest BCUT2D eigenvalue weighted by molar-refractivity contribution is 5.92. The van der Waals surface area contributed by atoms with Crippen LogP contribution in [-0.2, 0) is 0 Å². The van der Waals surface area contributed by atoms with E-state index in [9.17, 15) is 4.79 Å². The van der Waals surface area contributed by atoms with Crippen molar-refractivity contribution in [1.29, 1.82) is 0 Å². The number of aromatic nitrogens is 2. The van der Waals surface area contributed by atoms with Crippen LogP contribution in [-0.4, -0.2) is 47.1 Å². The molecule has 0 aromatic carbocycles. The summed E-state index contributed by atoms with van der Waals surface area (Å²) in [5, 5.41) is 3.77. The zero-order valence-electron chi connectivity index (χ0n) is 11.8. The van der Waals surface area contributed by atoms with E-state index in [1.807, 2.05) is 12.1 Å². The molecule has 7 nitrogen and oxygen atoms in total. The molecule has 0 radical (unpaired) electrons. The smallest absolute Gasteiger partial charge is 0.276 e.